The lowest BCUT2D eigenvalue weighted by molar-refractivity contribution is 0.502. The Labute approximate surface area is 227 Å². The van der Waals surface area contributed by atoms with E-state index in [0.29, 0.717) is 28.3 Å². The van der Waals surface area contributed by atoms with Crippen molar-refractivity contribution >= 4 is 38.1 Å². The predicted octanol–water partition coefficient (Wildman–Crippen LogP) is 9.98. The molecule has 0 aromatic heterocycles. The second-order valence-corrected chi connectivity index (χ2v) is 16.8. The van der Waals surface area contributed by atoms with E-state index >= 15 is 0 Å². The first-order valence-electron chi connectivity index (χ1n) is 13.7. The van der Waals surface area contributed by atoms with Crippen LogP contribution < -0.4 is 0 Å². The Balaban J connectivity index is 1.39. The molecule has 0 fully saturated rings. The zero-order valence-corrected chi connectivity index (χ0v) is 24.1. The molecule has 0 radical (unpaired) electrons. The number of hydrogen-bond acceptors (Lipinski definition) is 1. The molecule has 0 amide bonds. The summed E-state index contributed by atoms with van der Waals surface area (Å²) in [5, 5.41) is 3.92. The maximum Gasteiger partial charge on any atom is 0.0389 e. The molecule has 1 heterocycles. The van der Waals surface area contributed by atoms with Gasteiger partial charge in [0.15, 0.2) is 0 Å². The van der Waals surface area contributed by atoms with E-state index < -0.39 is 10.0 Å². The number of fused-ring (bicyclic) bond motifs is 5. The van der Waals surface area contributed by atoms with Crippen LogP contribution in [0.4, 0.5) is 0 Å². The van der Waals surface area contributed by atoms with Crippen LogP contribution in [0.15, 0.2) is 94.7 Å². The van der Waals surface area contributed by atoms with Crippen LogP contribution in [0.5, 0.6) is 0 Å². The van der Waals surface area contributed by atoms with Crippen molar-refractivity contribution < 1.29 is 0 Å². The van der Waals surface area contributed by atoms with E-state index in [1.54, 1.807) is 16.7 Å². The van der Waals surface area contributed by atoms with Gasteiger partial charge in [0.25, 0.3) is 0 Å². The minimum atomic E-state index is -1.06. The van der Waals surface area contributed by atoms with Crippen LogP contribution >= 0.6 is 21.8 Å². The van der Waals surface area contributed by atoms with Crippen LogP contribution in [0.25, 0.3) is 27.5 Å². The van der Waals surface area contributed by atoms with Crippen molar-refractivity contribution in [1.82, 2.24) is 0 Å². The number of benzene rings is 4. The highest BCUT2D eigenvalue weighted by molar-refractivity contribution is 8.36. The van der Waals surface area contributed by atoms with Gasteiger partial charge in [-0.1, -0.05) is 99.6 Å². The van der Waals surface area contributed by atoms with Gasteiger partial charge >= 0.3 is 0 Å². The van der Waals surface area contributed by atoms with Gasteiger partial charge in [-0.05, 0) is 91.8 Å². The molecule has 0 saturated heterocycles. The topological polar surface area (TPSA) is 0 Å². The number of rotatable bonds is 3. The third-order valence-corrected chi connectivity index (χ3v) is 14.7. The van der Waals surface area contributed by atoms with Crippen molar-refractivity contribution in [2.45, 2.75) is 42.6 Å². The zero-order valence-electron chi connectivity index (χ0n) is 22.5. The quantitative estimate of drug-likeness (QED) is 0.259. The van der Waals surface area contributed by atoms with Crippen LogP contribution in [0.1, 0.15) is 42.7 Å². The number of allylic oxidation sites excluding steroid dienone is 1. The van der Waals surface area contributed by atoms with Crippen molar-refractivity contribution in [1.29, 1.82) is 0 Å². The SMILES string of the molecule is CC1Cc2c(-c3cccc4ccccc34)cccc2C1S(C)(C)C1=C2c3ccccc3SC2C(C)C1C. The lowest BCUT2D eigenvalue weighted by Crippen LogP contribution is -2.19. The molecule has 5 unspecified atom stereocenters. The number of hydrogen-bond donors (Lipinski definition) is 0. The van der Waals surface area contributed by atoms with Gasteiger partial charge in [0.05, 0.1) is 0 Å². The standard InChI is InChI=1S/C35H36S2/c1-21-20-30-27(26-16-10-13-24-12-6-7-14-25(24)26)17-11-18-28(30)34(21)37(4,5)35-23(3)22(2)33-32(35)29-15-8-9-19-31(29)36-33/h6-19,21-23,33-34H,20H2,1-5H3. The Hall–Kier alpha value is -2.42. The van der Waals surface area contributed by atoms with Crippen molar-refractivity contribution in [3.8, 4) is 11.1 Å². The molecule has 0 bridgehead atoms. The summed E-state index contributed by atoms with van der Waals surface area (Å²) in [4.78, 5) is 3.30. The molecule has 2 aliphatic carbocycles. The maximum absolute atomic E-state index is 2.65. The summed E-state index contributed by atoms with van der Waals surface area (Å²) in [5.74, 6) is 1.98. The van der Waals surface area contributed by atoms with Crippen molar-refractivity contribution in [2.24, 2.45) is 17.8 Å². The van der Waals surface area contributed by atoms with Gasteiger partial charge in [0, 0.05) is 15.4 Å². The van der Waals surface area contributed by atoms with Crippen molar-refractivity contribution in [3.63, 3.8) is 0 Å². The first-order valence-corrected chi connectivity index (χ1v) is 17.1. The summed E-state index contributed by atoms with van der Waals surface area (Å²) in [5.41, 5.74) is 9.28. The van der Waals surface area contributed by atoms with E-state index in [-0.39, 0.29) is 0 Å². The first-order chi connectivity index (χ1) is 17.9. The van der Waals surface area contributed by atoms with Crippen LogP contribution in [0, 0.1) is 17.8 Å². The van der Waals surface area contributed by atoms with Gasteiger partial charge in [-0.15, -0.1) is 11.8 Å². The Kier molecular flexibility index (Phi) is 5.47. The third-order valence-electron chi connectivity index (χ3n) is 9.50. The lowest BCUT2D eigenvalue weighted by Gasteiger charge is -2.45. The average Bonchev–Trinajstić information content (AvgIpc) is 3.52. The summed E-state index contributed by atoms with van der Waals surface area (Å²) in [6.07, 6.45) is 6.47. The largest absolute Gasteiger partial charge is 0.216 e. The Morgan fingerprint density at radius 2 is 1.41 bits per heavy atom. The molecule has 4 aromatic carbocycles. The summed E-state index contributed by atoms with van der Waals surface area (Å²) < 4.78 is 0. The normalized spacial score (nSPS) is 26.9. The lowest BCUT2D eigenvalue weighted by atomic mass is 9.93. The fourth-order valence-corrected chi connectivity index (χ4v) is 13.9. The molecule has 0 N–H and O–H groups in total. The summed E-state index contributed by atoms with van der Waals surface area (Å²) in [6, 6.07) is 32.0. The molecule has 7 rings (SSSR count). The molecule has 0 nitrogen and oxygen atoms in total. The Morgan fingerprint density at radius 3 is 2.27 bits per heavy atom. The molecule has 188 valence electrons. The predicted molar refractivity (Wildman–Crippen MR) is 166 cm³/mol. The minimum absolute atomic E-state index is 0.603. The molecular weight excluding hydrogens is 485 g/mol. The summed E-state index contributed by atoms with van der Waals surface area (Å²) in [7, 11) is -1.06. The van der Waals surface area contributed by atoms with E-state index in [1.807, 2.05) is 4.91 Å². The van der Waals surface area contributed by atoms with E-state index in [1.165, 1.54) is 38.8 Å². The molecular formula is C35H36S2. The third kappa shape index (κ3) is 3.38. The van der Waals surface area contributed by atoms with Crippen LogP contribution in [-0.4, -0.2) is 17.8 Å². The molecule has 0 spiro atoms. The summed E-state index contributed by atoms with van der Waals surface area (Å²) in [6.45, 7) is 7.55. The monoisotopic (exact) mass is 520 g/mol. The smallest absolute Gasteiger partial charge is 0.0389 e. The second kappa shape index (κ2) is 8.55. The minimum Gasteiger partial charge on any atom is -0.216 e. The van der Waals surface area contributed by atoms with Gasteiger partial charge in [-0.2, -0.15) is 0 Å². The molecule has 3 aliphatic rings. The van der Waals surface area contributed by atoms with E-state index in [4.69, 9.17) is 0 Å². The van der Waals surface area contributed by atoms with Gasteiger partial charge in [-0.3, -0.25) is 0 Å². The zero-order chi connectivity index (χ0) is 25.5. The molecule has 0 saturated carbocycles. The maximum atomic E-state index is 2.65. The Bertz CT molecular complexity index is 1570. The fraction of sp³-hybridized carbons (Fsp3) is 0.314. The highest BCUT2D eigenvalue weighted by atomic mass is 32.3. The highest BCUT2D eigenvalue weighted by Gasteiger charge is 2.50. The average molecular weight is 521 g/mol. The van der Waals surface area contributed by atoms with Gasteiger partial charge in [0.2, 0.25) is 0 Å². The van der Waals surface area contributed by atoms with Gasteiger partial charge in [-0.25, -0.2) is 10.0 Å². The molecule has 1 aliphatic heterocycles. The fourth-order valence-electron chi connectivity index (χ4n) is 7.87. The Morgan fingerprint density at radius 1 is 0.730 bits per heavy atom. The molecule has 4 aromatic rings. The molecule has 5 atom stereocenters. The van der Waals surface area contributed by atoms with E-state index in [2.05, 4.69) is 130 Å². The molecule has 2 heteroatoms. The molecule has 37 heavy (non-hydrogen) atoms. The van der Waals surface area contributed by atoms with Crippen LogP contribution in [0.3, 0.4) is 0 Å². The first kappa shape index (κ1) is 23.7. The van der Waals surface area contributed by atoms with Crippen molar-refractivity contribution in [2.75, 3.05) is 12.5 Å². The van der Waals surface area contributed by atoms with Crippen LogP contribution in [0.2, 0.25) is 0 Å². The highest BCUT2D eigenvalue weighted by Crippen LogP contribution is 2.74. The second-order valence-electron chi connectivity index (χ2n) is 11.9. The summed E-state index contributed by atoms with van der Waals surface area (Å²) >= 11 is 2.12. The van der Waals surface area contributed by atoms with E-state index in [0.717, 1.165) is 0 Å². The van der Waals surface area contributed by atoms with Crippen LogP contribution in [-0.2, 0) is 6.42 Å². The van der Waals surface area contributed by atoms with Gasteiger partial charge < -0.3 is 0 Å². The number of thioether (sulfide) groups is 1. The van der Waals surface area contributed by atoms with E-state index in [9.17, 15) is 0 Å². The van der Waals surface area contributed by atoms with Gasteiger partial charge in [0.1, 0.15) is 0 Å². The van der Waals surface area contributed by atoms with Crippen molar-refractivity contribution in [3.05, 3.63) is 107 Å².